The lowest BCUT2D eigenvalue weighted by atomic mass is 10.1. The van der Waals surface area contributed by atoms with Crippen LogP contribution in [0.1, 0.15) is 17.5 Å². The normalized spacial score (nSPS) is 11.4. The molecule has 2 aliphatic rings. The summed E-state index contributed by atoms with van der Waals surface area (Å²) in [6, 6.07) is 3.53. The van der Waals surface area contributed by atoms with Crippen molar-refractivity contribution in [2.75, 3.05) is 6.61 Å². The van der Waals surface area contributed by atoms with Crippen molar-refractivity contribution >= 4 is 11.0 Å². The quantitative estimate of drug-likeness (QED) is 0.395. The molecular formula is C15H16N4O4. The molecular weight excluding hydrogens is 300 g/mol. The molecule has 0 bridgehead atoms. The summed E-state index contributed by atoms with van der Waals surface area (Å²) in [4.78, 5) is 29.4. The number of aryl methyl sites for hydroxylation is 3. The van der Waals surface area contributed by atoms with E-state index >= 15 is 0 Å². The van der Waals surface area contributed by atoms with Gasteiger partial charge in [0.1, 0.15) is 5.52 Å². The average molecular weight is 316 g/mol. The molecule has 0 saturated heterocycles. The number of aliphatic hydroxyl groups is 1. The van der Waals surface area contributed by atoms with Crippen LogP contribution in [-0.4, -0.2) is 26.2 Å². The average Bonchev–Trinajstić information content (AvgIpc) is 2.48. The van der Waals surface area contributed by atoms with E-state index < -0.39 is 11.2 Å². The van der Waals surface area contributed by atoms with Gasteiger partial charge < -0.3 is 14.9 Å². The molecule has 0 saturated carbocycles. The molecule has 23 heavy (non-hydrogen) atoms. The van der Waals surface area contributed by atoms with Gasteiger partial charge in [-0.25, -0.2) is 4.79 Å². The molecule has 0 fully saturated rings. The van der Waals surface area contributed by atoms with Crippen molar-refractivity contribution in [1.29, 1.82) is 0 Å². The highest BCUT2D eigenvalue weighted by Crippen LogP contribution is 2.22. The van der Waals surface area contributed by atoms with E-state index in [0.29, 0.717) is 28.7 Å². The van der Waals surface area contributed by atoms with Crippen LogP contribution in [0.2, 0.25) is 0 Å². The Labute approximate surface area is 130 Å². The second-order valence-electron chi connectivity index (χ2n) is 5.49. The van der Waals surface area contributed by atoms with Crippen molar-refractivity contribution in [2.45, 2.75) is 26.8 Å². The molecule has 1 aromatic carbocycles. The van der Waals surface area contributed by atoms with Crippen LogP contribution in [0.5, 0.6) is 0 Å². The molecule has 0 radical (unpaired) electrons. The number of hydrogen-bond acceptors (Lipinski definition) is 5. The number of aliphatic hydroxyl groups excluding tert-OH is 1. The van der Waals surface area contributed by atoms with Crippen molar-refractivity contribution in [2.24, 2.45) is 0 Å². The summed E-state index contributed by atoms with van der Waals surface area (Å²) in [6.45, 7) is 4.07. The van der Waals surface area contributed by atoms with E-state index in [1.807, 2.05) is 24.9 Å². The highest BCUT2D eigenvalue weighted by Gasteiger charge is 2.27. The fourth-order valence-electron chi connectivity index (χ4n) is 2.66. The van der Waals surface area contributed by atoms with Crippen LogP contribution in [0.15, 0.2) is 21.7 Å². The molecule has 0 unspecified atom stereocenters. The van der Waals surface area contributed by atoms with Crippen molar-refractivity contribution in [3.8, 4) is 11.5 Å². The van der Waals surface area contributed by atoms with E-state index in [0.717, 1.165) is 11.1 Å². The van der Waals surface area contributed by atoms with Crippen LogP contribution >= 0.6 is 0 Å². The van der Waals surface area contributed by atoms with E-state index in [2.05, 4.69) is 4.98 Å². The van der Waals surface area contributed by atoms with E-state index in [1.54, 1.807) is 10.6 Å². The minimum atomic E-state index is -0.802. The molecule has 8 nitrogen and oxygen atoms in total. The first-order valence-electron chi connectivity index (χ1n) is 7.22. The van der Waals surface area contributed by atoms with Gasteiger partial charge in [-0.3, -0.25) is 9.78 Å². The predicted molar refractivity (Wildman–Crippen MR) is 83.4 cm³/mol. The van der Waals surface area contributed by atoms with Crippen LogP contribution in [-0.2, 0) is 6.54 Å². The molecule has 1 aromatic rings. The summed E-state index contributed by atoms with van der Waals surface area (Å²) in [6.07, 6.45) is 0.410. The summed E-state index contributed by atoms with van der Waals surface area (Å²) in [5.41, 5.74) is 1.00. The molecule has 120 valence electrons. The Hall–Kier alpha value is -2.74. The summed E-state index contributed by atoms with van der Waals surface area (Å²) >= 11 is 0. The Bertz CT molecular complexity index is 989. The Morgan fingerprint density at radius 1 is 1.30 bits per heavy atom. The summed E-state index contributed by atoms with van der Waals surface area (Å²) in [5.74, 6) is 0.0259. The van der Waals surface area contributed by atoms with E-state index in [1.165, 1.54) is 0 Å². The first-order valence-corrected chi connectivity index (χ1v) is 7.22. The number of aromatic nitrogens is 4. The second kappa shape index (κ2) is 5.47. The summed E-state index contributed by atoms with van der Waals surface area (Å²) < 4.78 is 2.15. The molecule has 0 amide bonds. The van der Waals surface area contributed by atoms with Crippen molar-refractivity contribution in [1.82, 2.24) is 14.5 Å². The SMILES string of the molecule is Cc1cc2c(cc1C)[n+]([O-])c1c(=O)[nH]c(=O)nc-1n2CCCO. The molecule has 2 N–H and O–H groups in total. The Balaban J connectivity index is 2.55. The van der Waals surface area contributed by atoms with E-state index in [-0.39, 0.29) is 18.1 Å². The molecule has 0 atom stereocenters. The number of nitrogens with zero attached hydrogens (tertiary/aromatic N) is 3. The highest BCUT2D eigenvalue weighted by molar-refractivity contribution is 5.77. The Morgan fingerprint density at radius 3 is 2.70 bits per heavy atom. The second-order valence-corrected chi connectivity index (χ2v) is 5.49. The number of aromatic amines is 1. The van der Waals surface area contributed by atoms with Gasteiger partial charge in [0.25, 0.3) is 0 Å². The molecule has 0 aromatic heterocycles. The lowest BCUT2D eigenvalue weighted by Crippen LogP contribution is -2.43. The topological polar surface area (TPSA) is 115 Å². The Kier molecular flexibility index (Phi) is 3.61. The van der Waals surface area contributed by atoms with Crippen LogP contribution in [0.4, 0.5) is 0 Å². The van der Waals surface area contributed by atoms with Crippen LogP contribution in [0.25, 0.3) is 22.6 Å². The van der Waals surface area contributed by atoms with Gasteiger partial charge in [-0.2, -0.15) is 9.71 Å². The largest absolute Gasteiger partial charge is 0.618 e. The zero-order valence-electron chi connectivity index (χ0n) is 12.8. The third-order valence-corrected chi connectivity index (χ3v) is 3.95. The maximum absolute atomic E-state index is 12.6. The van der Waals surface area contributed by atoms with Crippen LogP contribution in [0, 0.1) is 19.1 Å². The van der Waals surface area contributed by atoms with Gasteiger partial charge in [0.05, 0.1) is 0 Å². The van der Waals surface area contributed by atoms with E-state index in [9.17, 15) is 14.8 Å². The zero-order valence-corrected chi connectivity index (χ0v) is 12.8. The maximum Gasteiger partial charge on any atom is 0.350 e. The molecule has 0 aliphatic carbocycles. The minimum absolute atomic E-state index is 0.0259. The van der Waals surface area contributed by atoms with E-state index in [4.69, 9.17) is 5.11 Å². The predicted octanol–water partition coefficient (Wildman–Crippen LogP) is -0.178. The number of benzene rings is 1. The third kappa shape index (κ3) is 2.36. The van der Waals surface area contributed by atoms with Crippen molar-refractivity contribution < 1.29 is 9.84 Å². The van der Waals surface area contributed by atoms with Crippen molar-refractivity contribution in [3.63, 3.8) is 0 Å². The smallest absolute Gasteiger partial charge is 0.350 e. The van der Waals surface area contributed by atoms with Gasteiger partial charge in [0.15, 0.2) is 0 Å². The van der Waals surface area contributed by atoms with Gasteiger partial charge in [-0.1, -0.05) is 0 Å². The summed E-state index contributed by atoms with van der Waals surface area (Å²) in [7, 11) is 0. The van der Waals surface area contributed by atoms with Gasteiger partial charge in [0.2, 0.25) is 11.3 Å². The summed E-state index contributed by atoms with van der Waals surface area (Å²) in [5, 5.41) is 21.7. The zero-order chi connectivity index (χ0) is 16.7. The maximum atomic E-state index is 12.6. The minimum Gasteiger partial charge on any atom is -0.618 e. The first-order chi connectivity index (χ1) is 10.9. The molecule has 3 rings (SSSR count). The Morgan fingerprint density at radius 2 is 2.00 bits per heavy atom. The highest BCUT2D eigenvalue weighted by atomic mass is 16.5. The number of nitrogens with one attached hydrogen (secondary N) is 1. The third-order valence-electron chi connectivity index (χ3n) is 3.95. The van der Waals surface area contributed by atoms with Gasteiger partial charge in [0, 0.05) is 19.2 Å². The van der Waals surface area contributed by atoms with Gasteiger partial charge in [-0.15, -0.1) is 0 Å². The van der Waals surface area contributed by atoms with Crippen LogP contribution < -0.4 is 16.0 Å². The molecule has 2 heterocycles. The lowest BCUT2D eigenvalue weighted by molar-refractivity contribution is -0.566. The fraction of sp³-hybridized carbons (Fsp3) is 0.333. The van der Waals surface area contributed by atoms with Gasteiger partial charge in [-0.05, 0) is 37.5 Å². The standard InChI is InChI=1S/C15H16N4O4/c1-8-6-10-11(7-9(8)2)19(23)12-13(18(10)4-3-5-20)16-15(22)17-14(12)21/h6-7,20H,3-5H2,1-2H3,(H,17,21,22). The molecule has 8 heteroatoms. The van der Waals surface area contributed by atoms with Crippen molar-refractivity contribution in [3.05, 3.63) is 49.3 Å². The number of H-pyrrole nitrogens is 1. The number of rotatable bonds is 3. The number of fused-ring (bicyclic) bond motifs is 2. The fourth-order valence-corrected chi connectivity index (χ4v) is 2.66. The lowest BCUT2D eigenvalue weighted by Gasteiger charge is -2.17. The first kappa shape index (κ1) is 15.2. The number of hydrogen-bond donors (Lipinski definition) is 2. The van der Waals surface area contributed by atoms with Crippen LogP contribution in [0.3, 0.4) is 0 Å². The monoisotopic (exact) mass is 316 g/mol. The molecule has 0 spiro atoms. The van der Waals surface area contributed by atoms with Gasteiger partial charge >= 0.3 is 16.9 Å². The molecule has 2 aliphatic heterocycles.